The molecule has 4 aliphatic carbocycles. The first kappa shape index (κ1) is 23.6. The van der Waals surface area contributed by atoms with E-state index in [-0.39, 0.29) is 28.3 Å². The van der Waals surface area contributed by atoms with Crippen LogP contribution in [0.25, 0.3) is 0 Å². The molecule has 1 amide bonds. The predicted octanol–water partition coefficient (Wildman–Crippen LogP) is 7.04. The number of halogens is 3. The Kier molecular flexibility index (Phi) is 5.53. The van der Waals surface area contributed by atoms with Crippen LogP contribution in [-0.4, -0.2) is 11.7 Å². The van der Waals surface area contributed by atoms with Gasteiger partial charge < -0.3 is 5.32 Å². The summed E-state index contributed by atoms with van der Waals surface area (Å²) >= 11 is 0. The Hall–Kier alpha value is -2.11. The van der Waals surface area contributed by atoms with Gasteiger partial charge in [0.05, 0.1) is 11.3 Å². The van der Waals surface area contributed by atoms with Crippen molar-refractivity contribution in [3.63, 3.8) is 0 Å². The fraction of sp³-hybridized carbons (Fsp3) is 0.643. The van der Waals surface area contributed by atoms with Gasteiger partial charge in [-0.2, -0.15) is 13.2 Å². The monoisotopic (exact) mass is 473 g/mol. The summed E-state index contributed by atoms with van der Waals surface area (Å²) in [6, 6.07) is 5.23. The van der Waals surface area contributed by atoms with E-state index in [1.54, 1.807) is 0 Å². The molecule has 34 heavy (non-hydrogen) atoms. The molecule has 6 heteroatoms. The third-order valence-corrected chi connectivity index (χ3v) is 10.1. The number of carbonyl (C=O) groups is 2. The zero-order chi connectivity index (χ0) is 24.5. The van der Waals surface area contributed by atoms with Gasteiger partial charge in [-0.25, -0.2) is 0 Å². The number of rotatable bonds is 2. The maximum Gasteiger partial charge on any atom is 0.418 e. The first-order chi connectivity index (χ1) is 15.9. The van der Waals surface area contributed by atoms with Gasteiger partial charge in [0.15, 0.2) is 0 Å². The van der Waals surface area contributed by atoms with E-state index in [0.717, 1.165) is 31.7 Å². The zero-order valence-corrected chi connectivity index (χ0v) is 20.2. The van der Waals surface area contributed by atoms with Gasteiger partial charge >= 0.3 is 6.18 Å². The van der Waals surface area contributed by atoms with E-state index in [0.29, 0.717) is 48.7 Å². The molecule has 0 bridgehead atoms. The molecule has 184 valence electrons. The van der Waals surface area contributed by atoms with Crippen LogP contribution >= 0.6 is 0 Å². The third kappa shape index (κ3) is 3.54. The molecule has 3 saturated carbocycles. The lowest BCUT2D eigenvalue weighted by Crippen LogP contribution is -2.53. The first-order valence-corrected chi connectivity index (χ1v) is 12.6. The molecule has 0 aliphatic heterocycles. The van der Waals surface area contributed by atoms with Crippen LogP contribution in [-0.2, 0) is 15.8 Å². The van der Waals surface area contributed by atoms with Gasteiger partial charge in [0.1, 0.15) is 5.78 Å². The average molecular weight is 474 g/mol. The fourth-order valence-electron chi connectivity index (χ4n) is 8.32. The van der Waals surface area contributed by atoms with E-state index in [2.05, 4.69) is 32.2 Å². The lowest BCUT2D eigenvalue weighted by atomic mass is 9.45. The van der Waals surface area contributed by atoms with Gasteiger partial charge in [-0.15, -0.1) is 0 Å². The minimum atomic E-state index is -4.51. The Morgan fingerprint density at radius 3 is 2.53 bits per heavy atom. The molecule has 0 aromatic heterocycles. The maximum absolute atomic E-state index is 13.5. The van der Waals surface area contributed by atoms with E-state index in [9.17, 15) is 22.8 Å². The van der Waals surface area contributed by atoms with Crippen LogP contribution in [0.3, 0.4) is 0 Å². The number of Topliss-reactive ketones (excluding diaryl/α,β-unsaturated/α-hetero) is 1. The second-order valence-electron chi connectivity index (χ2n) is 11.7. The van der Waals surface area contributed by atoms with E-state index in [1.165, 1.54) is 23.8 Å². The molecule has 5 rings (SSSR count). The van der Waals surface area contributed by atoms with Crippen LogP contribution in [0.1, 0.15) is 71.3 Å². The SMILES string of the molecule is CC1C=C2CC(=O)CC[C@]2(C)[C@H]2CC[C@]3(C)[C@@H](C(=O)Nc4ccccc4C(F)(F)F)CC[C@H]3[C@H]12. The second kappa shape index (κ2) is 7.96. The molecule has 3 fully saturated rings. The van der Waals surface area contributed by atoms with Crippen molar-refractivity contribution in [1.29, 1.82) is 0 Å². The molecule has 1 N–H and O–H groups in total. The van der Waals surface area contributed by atoms with Crippen molar-refractivity contribution in [2.24, 2.45) is 40.4 Å². The van der Waals surface area contributed by atoms with E-state index in [1.807, 2.05) is 0 Å². The molecule has 0 radical (unpaired) electrons. The molecular weight excluding hydrogens is 439 g/mol. The van der Waals surface area contributed by atoms with Crippen LogP contribution in [0.4, 0.5) is 18.9 Å². The molecule has 1 aromatic rings. The van der Waals surface area contributed by atoms with Crippen molar-refractivity contribution < 1.29 is 22.8 Å². The number of hydrogen-bond donors (Lipinski definition) is 1. The molecule has 1 aromatic carbocycles. The van der Waals surface area contributed by atoms with Crippen molar-refractivity contribution in [2.75, 3.05) is 5.32 Å². The fourth-order valence-corrected chi connectivity index (χ4v) is 8.32. The number of nitrogens with one attached hydrogen (secondary N) is 1. The minimum Gasteiger partial charge on any atom is -0.325 e. The van der Waals surface area contributed by atoms with Crippen molar-refractivity contribution in [3.05, 3.63) is 41.5 Å². The van der Waals surface area contributed by atoms with Gasteiger partial charge in [-0.3, -0.25) is 9.59 Å². The highest BCUT2D eigenvalue weighted by molar-refractivity contribution is 5.94. The number of amides is 1. The zero-order valence-electron chi connectivity index (χ0n) is 20.2. The highest BCUT2D eigenvalue weighted by Crippen LogP contribution is 2.67. The summed E-state index contributed by atoms with van der Waals surface area (Å²) in [5.41, 5.74) is 0.193. The molecular formula is C28H34F3NO2. The Morgan fingerprint density at radius 1 is 1.06 bits per heavy atom. The highest BCUT2D eigenvalue weighted by atomic mass is 19.4. The van der Waals surface area contributed by atoms with Crippen LogP contribution in [0.15, 0.2) is 35.9 Å². The lowest BCUT2D eigenvalue weighted by molar-refractivity contribution is -0.137. The summed E-state index contributed by atoms with van der Waals surface area (Å²) in [5, 5.41) is 2.65. The third-order valence-electron chi connectivity index (χ3n) is 10.1. The summed E-state index contributed by atoms with van der Waals surface area (Å²) in [4.78, 5) is 25.6. The number of carbonyl (C=O) groups excluding carboxylic acids is 2. The number of alkyl halides is 3. The molecule has 7 atom stereocenters. The van der Waals surface area contributed by atoms with Crippen molar-refractivity contribution in [2.45, 2.75) is 71.9 Å². The Bertz CT molecular complexity index is 1050. The van der Waals surface area contributed by atoms with E-state index in [4.69, 9.17) is 0 Å². The quantitative estimate of drug-likeness (QED) is 0.468. The number of ketones is 1. The molecule has 0 spiro atoms. The lowest BCUT2D eigenvalue weighted by Gasteiger charge is -2.59. The standard InChI is InChI=1S/C28H34F3NO2/c1-16-14-17-15-18(33)10-12-26(17,2)21-11-13-27(3)20(24(16)21)8-9-22(27)25(34)32-23-7-5-4-6-19(23)28(29,30)31/h4-7,14,16,20-22,24H,8-13,15H2,1-3H3,(H,32,34)/t16?,20-,21-,22+,24-,26-,27-/m0/s1. The van der Waals surface area contributed by atoms with Gasteiger partial charge in [0.2, 0.25) is 5.91 Å². The van der Waals surface area contributed by atoms with Crippen LogP contribution < -0.4 is 5.32 Å². The second-order valence-corrected chi connectivity index (χ2v) is 11.7. The Labute approximate surface area is 199 Å². The predicted molar refractivity (Wildman–Crippen MR) is 125 cm³/mol. The average Bonchev–Trinajstić information content (AvgIpc) is 3.12. The van der Waals surface area contributed by atoms with Crippen molar-refractivity contribution >= 4 is 17.4 Å². The van der Waals surface area contributed by atoms with Gasteiger partial charge in [-0.05, 0) is 78.7 Å². The minimum absolute atomic E-state index is 0.0540. The van der Waals surface area contributed by atoms with Crippen LogP contribution in [0.2, 0.25) is 0 Å². The summed E-state index contributed by atoms with van der Waals surface area (Å²) in [5.74, 6) is 1.42. The highest BCUT2D eigenvalue weighted by Gasteiger charge is 2.61. The smallest absolute Gasteiger partial charge is 0.325 e. The van der Waals surface area contributed by atoms with Gasteiger partial charge in [0.25, 0.3) is 0 Å². The van der Waals surface area contributed by atoms with Gasteiger partial charge in [0, 0.05) is 18.8 Å². The van der Waals surface area contributed by atoms with Crippen LogP contribution in [0, 0.1) is 40.4 Å². The largest absolute Gasteiger partial charge is 0.418 e. The molecule has 4 aliphatic rings. The summed E-state index contributed by atoms with van der Waals surface area (Å²) in [7, 11) is 0. The number of allylic oxidation sites excluding steroid dienone is 2. The van der Waals surface area contributed by atoms with Gasteiger partial charge in [-0.1, -0.05) is 44.6 Å². The Balaban J connectivity index is 1.41. The number of fused-ring (bicyclic) bond motifs is 5. The molecule has 3 nitrogen and oxygen atoms in total. The van der Waals surface area contributed by atoms with E-state index < -0.39 is 11.7 Å². The van der Waals surface area contributed by atoms with Crippen LogP contribution in [0.5, 0.6) is 0 Å². The number of anilines is 1. The molecule has 0 saturated heterocycles. The number of benzene rings is 1. The molecule has 0 heterocycles. The maximum atomic E-state index is 13.5. The van der Waals surface area contributed by atoms with Crippen molar-refractivity contribution in [3.8, 4) is 0 Å². The molecule has 1 unspecified atom stereocenters. The number of hydrogen-bond acceptors (Lipinski definition) is 2. The Morgan fingerprint density at radius 2 is 1.79 bits per heavy atom. The topological polar surface area (TPSA) is 46.2 Å². The summed E-state index contributed by atoms with van der Waals surface area (Å²) in [6.07, 6.45) is 3.52. The van der Waals surface area contributed by atoms with E-state index >= 15 is 0 Å². The normalized spacial score (nSPS) is 39.5. The summed E-state index contributed by atoms with van der Waals surface area (Å²) < 4.78 is 40.4. The van der Waals surface area contributed by atoms with Crippen molar-refractivity contribution in [1.82, 2.24) is 0 Å². The number of para-hydroxylation sites is 1. The first-order valence-electron chi connectivity index (χ1n) is 12.6. The summed E-state index contributed by atoms with van der Waals surface area (Å²) in [6.45, 7) is 6.78.